The number of nitrogens with zero attached hydrogens (tertiary/aromatic N) is 1. The molecule has 0 saturated carbocycles. The van der Waals surface area contributed by atoms with Gasteiger partial charge in [0.1, 0.15) is 0 Å². The molecule has 0 bridgehead atoms. The van der Waals surface area contributed by atoms with E-state index >= 15 is 0 Å². The van der Waals surface area contributed by atoms with Gasteiger partial charge in [0.15, 0.2) is 0 Å². The fourth-order valence-corrected chi connectivity index (χ4v) is 2.06. The van der Waals surface area contributed by atoms with E-state index in [2.05, 4.69) is 10.3 Å². The van der Waals surface area contributed by atoms with Crippen LogP contribution in [0.3, 0.4) is 0 Å². The first-order valence-electron chi connectivity index (χ1n) is 5.77. The van der Waals surface area contributed by atoms with Crippen molar-refractivity contribution in [2.45, 2.75) is 12.2 Å². The van der Waals surface area contributed by atoms with Crippen LogP contribution in [0.4, 0.5) is 13.2 Å². The van der Waals surface area contributed by atoms with Crippen LogP contribution >= 0.6 is 0 Å². The molecular weight excluding hydrogens is 253 g/mol. The molecule has 1 N–H and O–H groups in total. The minimum atomic E-state index is -4.37. The van der Waals surface area contributed by atoms with Gasteiger partial charge in [0, 0.05) is 12.4 Å². The van der Waals surface area contributed by atoms with Crippen LogP contribution < -0.4 is 5.32 Å². The van der Waals surface area contributed by atoms with Crippen molar-refractivity contribution >= 4 is 0 Å². The van der Waals surface area contributed by atoms with Gasteiger partial charge in [-0.1, -0.05) is 24.3 Å². The molecule has 2 rings (SSSR count). The Morgan fingerprint density at radius 1 is 1.11 bits per heavy atom. The van der Waals surface area contributed by atoms with Gasteiger partial charge in [-0.2, -0.15) is 13.2 Å². The number of rotatable bonds is 3. The van der Waals surface area contributed by atoms with Crippen LogP contribution in [0.1, 0.15) is 22.7 Å². The Hall–Kier alpha value is -1.88. The van der Waals surface area contributed by atoms with Crippen LogP contribution in [0.5, 0.6) is 0 Å². The predicted molar refractivity (Wildman–Crippen MR) is 66.6 cm³/mol. The Morgan fingerprint density at radius 2 is 1.84 bits per heavy atom. The average molecular weight is 266 g/mol. The van der Waals surface area contributed by atoms with Gasteiger partial charge >= 0.3 is 6.18 Å². The predicted octanol–water partition coefficient (Wildman–Crippen LogP) is 3.41. The van der Waals surface area contributed by atoms with E-state index in [1.807, 2.05) is 0 Å². The summed E-state index contributed by atoms with van der Waals surface area (Å²) in [5.41, 5.74) is 0.269. The van der Waals surface area contributed by atoms with Crippen molar-refractivity contribution < 1.29 is 13.2 Å². The maximum absolute atomic E-state index is 13.0. The highest BCUT2D eigenvalue weighted by Crippen LogP contribution is 2.36. The Balaban J connectivity index is 2.51. The quantitative estimate of drug-likeness (QED) is 0.920. The molecule has 0 radical (unpaired) electrons. The standard InChI is InChI=1S/C14H13F3N2/c1-18-13(10-5-4-8-19-9-10)11-6-2-3-7-12(11)14(15,16)17/h2-9,13,18H,1H3. The Kier molecular flexibility index (Phi) is 3.85. The van der Waals surface area contributed by atoms with E-state index in [4.69, 9.17) is 0 Å². The van der Waals surface area contributed by atoms with Gasteiger partial charge in [0.05, 0.1) is 11.6 Å². The molecule has 100 valence electrons. The molecule has 0 spiro atoms. The number of alkyl halides is 3. The molecule has 19 heavy (non-hydrogen) atoms. The second-order valence-corrected chi connectivity index (χ2v) is 4.09. The normalized spacial score (nSPS) is 13.3. The molecule has 0 amide bonds. The van der Waals surface area contributed by atoms with Gasteiger partial charge in [0.25, 0.3) is 0 Å². The maximum atomic E-state index is 13.0. The summed E-state index contributed by atoms with van der Waals surface area (Å²) >= 11 is 0. The van der Waals surface area contributed by atoms with E-state index in [-0.39, 0.29) is 5.56 Å². The zero-order valence-electron chi connectivity index (χ0n) is 10.3. The van der Waals surface area contributed by atoms with Crippen LogP contribution in [0.15, 0.2) is 48.8 Å². The molecular formula is C14H13F3N2. The number of aromatic nitrogens is 1. The third-order valence-corrected chi connectivity index (χ3v) is 2.88. The lowest BCUT2D eigenvalue weighted by Gasteiger charge is -2.21. The second kappa shape index (κ2) is 5.40. The SMILES string of the molecule is CNC(c1cccnc1)c1ccccc1C(F)(F)F. The number of hydrogen-bond acceptors (Lipinski definition) is 2. The highest BCUT2D eigenvalue weighted by Gasteiger charge is 2.34. The van der Waals surface area contributed by atoms with Crippen molar-refractivity contribution in [3.05, 3.63) is 65.5 Å². The lowest BCUT2D eigenvalue weighted by atomic mass is 9.95. The lowest BCUT2D eigenvalue weighted by Crippen LogP contribution is -2.22. The summed E-state index contributed by atoms with van der Waals surface area (Å²) in [4.78, 5) is 3.95. The second-order valence-electron chi connectivity index (χ2n) is 4.09. The molecule has 2 nitrogen and oxygen atoms in total. The Morgan fingerprint density at radius 3 is 2.42 bits per heavy atom. The summed E-state index contributed by atoms with van der Waals surface area (Å²) in [5, 5.41) is 2.91. The van der Waals surface area contributed by atoms with E-state index in [9.17, 15) is 13.2 Å². The summed E-state index contributed by atoms with van der Waals surface area (Å²) in [6, 6.07) is 8.49. The Labute approximate surface area is 109 Å². The summed E-state index contributed by atoms with van der Waals surface area (Å²) < 4.78 is 39.1. The molecule has 0 aliphatic rings. The first kappa shape index (κ1) is 13.5. The fourth-order valence-electron chi connectivity index (χ4n) is 2.06. The summed E-state index contributed by atoms with van der Waals surface area (Å²) in [5.74, 6) is 0. The molecule has 0 aliphatic carbocycles. The minimum Gasteiger partial charge on any atom is -0.309 e. The number of hydrogen-bond donors (Lipinski definition) is 1. The smallest absolute Gasteiger partial charge is 0.309 e. The first-order valence-corrected chi connectivity index (χ1v) is 5.77. The largest absolute Gasteiger partial charge is 0.416 e. The van der Waals surface area contributed by atoms with Crippen molar-refractivity contribution in [2.24, 2.45) is 0 Å². The summed E-state index contributed by atoms with van der Waals surface area (Å²) in [6.07, 6.45) is -1.21. The zero-order chi connectivity index (χ0) is 13.9. The molecule has 0 aliphatic heterocycles. The van der Waals surface area contributed by atoms with Gasteiger partial charge in [-0.3, -0.25) is 4.98 Å². The maximum Gasteiger partial charge on any atom is 0.416 e. The third kappa shape index (κ3) is 2.93. The first-order chi connectivity index (χ1) is 9.04. The van der Waals surface area contributed by atoms with E-state index < -0.39 is 17.8 Å². The van der Waals surface area contributed by atoms with Crippen molar-refractivity contribution in [3.63, 3.8) is 0 Å². The molecule has 2 aromatic rings. The summed E-state index contributed by atoms with van der Waals surface area (Å²) in [7, 11) is 1.63. The van der Waals surface area contributed by atoms with Crippen molar-refractivity contribution in [3.8, 4) is 0 Å². The summed E-state index contributed by atoms with van der Waals surface area (Å²) in [6.45, 7) is 0. The molecule has 5 heteroatoms. The fraction of sp³-hybridized carbons (Fsp3) is 0.214. The number of halogens is 3. The van der Waals surface area contributed by atoms with Crippen LogP contribution in [-0.2, 0) is 6.18 Å². The highest BCUT2D eigenvalue weighted by atomic mass is 19.4. The number of pyridine rings is 1. The average Bonchev–Trinajstić information content (AvgIpc) is 2.40. The topological polar surface area (TPSA) is 24.9 Å². The van der Waals surface area contributed by atoms with Crippen LogP contribution in [0.25, 0.3) is 0 Å². The van der Waals surface area contributed by atoms with Crippen molar-refractivity contribution in [1.82, 2.24) is 10.3 Å². The lowest BCUT2D eigenvalue weighted by molar-refractivity contribution is -0.138. The van der Waals surface area contributed by atoms with Gasteiger partial charge in [-0.25, -0.2) is 0 Å². The zero-order valence-corrected chi connectivity index (χ0v) is 10.3. The van der Waals surface area contributed by atoms with Gasteiger partial charge < -0.3 is 5.32 Å². The van der Waals surface area contributed by atoms with Crippen molar-refractivity contribution in [2.75, 3.05) is 7.05 Å². The van der Waals surface area contributed by atoms with Crippen LogP contribution in [0, 0.1) is 0 Å². The molecule has 0 saturated heterocycles. The van der Waals surface area contributed by atoms with Gasteiger partial charge in [-0.05, 0) is 30.3 Å². The number of nitrogens with one attached hydrogen (secondary N) is 1. The monoisotopic (exact) mass is 266 g/mol. The van der Waals surface area contributed by atoms with E-state index in [1.54, 1.807) is 37.6 Å². The van der Waals surface area contributed by atoms with Crippen LogP contribution in [0.2, 0.25) is 0 Å². The molecule has 1 heterocycles. The molecule has 1 aromatic heterocycles. The van der Waals surface area contributed by atoms with E-state index in [0.717, 1.165) is 6.07 Å². The van der Waals surface area contributed by atoms with E-state index in [0.29, 0.717) is 5.56 Å². The van der Waals surface area contributed by atoms with Crippen molar-refractivity contribution in [1.29, 1.82) is 0 Å². The molecule has 1 aromatic carbocycles. The highest BCUT2D eigenvalue weighted by molar-refractivity contribution is 5.38. The van der Waals surface area contributed by atoms with E-state index in [1.165, 1.54) is 12.1 Å². The molecule has 1 atom stereocenters. The third-order valence-electron chi connectivity index (χ3n) is 2.88. The minimum absolute atomic E-state index is 0.200. The number of benzene rings is 1. The Bertz CT molecular complexity index is 538. The molecule has 1 unspecified atom stereocenters. The molecule has 0 fully saturated rings. The van der Waals surface area contributed by atoms with Gasteiger partial charge in [0.2, 0.25) is 0 Å². The van der Waals surface area contributed by atoms with Gasteiger partial charge in [-0.15, -0.1) is 0 Å². The van der Waals surface area contributed by atoms with Crippen LogP contribution in [-0.4, -0.2) is 12.0 Å².